The smallest absolute Gasteiger partial charge is 0.0334 e. The lowest BCUT2D eigenvalue weighted by Crippen LogP contribution is -2.01. The molecule has 0 heterocycles. The first-order valence-corrected chi connectivity index (χ1v) is 3.54. The van der Waals surface area contributed by atoms with Gasteiger partial charge in [0.05, 0.1) is 0 Å². The summed E-state index contributed by atoms with van der Waals surface area (Å²) >= 11 is 0. The summed E-state index contributed by atoms with van der Waals surface area (Å²) in [5.41, 5.74) is 2.58. The Labute approximate surface area is 62.1 Å². The lowest BCUT2D eigenvalue weighted by molar-refractivity contribution is 1.03. The van der Waals surface area contributed by atoms with E-state index in [1.807, 2.05) is 7.05 Å². The molecule has 0 aliphatic heterocycles. The summed E-state index contributed by atoms with van der Waals surface area (Å²) in [6.45, 7) is 2.14. The van der Waals surface area contributed by atoms with E-state index in [2.05, 4.69) is 36.5 Å². The number of hydrogen-bond acceptors (Lipinski definition) is 1. The van der Waals surface area contributed by atoms with Gasteiger partial charge in [0.2, 0.25) is 0 Å². The molecule has 0 unspecified atom stereocenters. The molecule has 1 aliphatic carbocycles. The zero-order valence-corrected chi connectivity index (χ0v) is 6.52. The number of likely N-dealkylation sites (N-methyl/N-ethyl adjacent to an activating group) is 1. The van der Waals surface area contributed by atoms with E-state index in [-0.39, 0.29) is 0 Å². The van der Waals surface area contributed by atoms with Crippen LogP contribution >= 0.6 is 0 Å². The number of rotatable bonds is 1. The van der Waals surface area contributed by atoms with Gasteiger partial charge in [0, 0.05) is 12.7 Å². The fourth-order valence-electron chi connectivity index (χ4n) is 0.894. The average Bonchev–Trinajstić information content (AvgIpc) is 2.14. The highest BCUT2D eigenvalue weighted by atomic mass is 14.8. The maximum atomic E-state index is 3.09. The second kappa shape index (κ2) is 3.25. The van der Waals surface area contributed by atoms with Gasteiger partial charge in [-0.3, -0.25) is 0 Å². The Balaban J connectivity index is 2.75. The van der Waals surface area contributed by atoms with Crippen LogP contribution in [-0.4, -0.2) is 7.05 Å². The lowest BCUT2D eigenvalue weighted by atomic mass is 10.2. The van der Waals surface area contributed by atoms with E-state index in [9.17, 15) is 0 Å². The molecule has 0 spiro atoms. The fourth-order valence-corrected chi connectivity index (χ4v) is 0.894. The van der Waals surface area contributed by atoms with Crippen molar-refractivity contribution >= 4 is 0 Å². The van der Waals surface area contributed by atoms with Crippen LogP contribution in [0.5, 0.6) is 0 Å². The van der Waals surface area contributed by atoms with Crippen molar-refractivity contribution in [3.8, 4) is 0 Å². The molecule has 0 fully saturated rings. The summed E-state index contributed by atoms with van der Waals surface area (Å²) in [7, 11) is 1.94. The van der Waals surface area contributed by atoms with E-state index in [1.165, 1.54) is 11.3 Å². The van der Waals surface area contributed by atoms with Crippen molar-refractivity contribution in [3.63, 3.8) is 0 Å². The Bertz CT molecular complexity index is 197. The highest BCUT2D eigenvalue weighted by Crippen LogP contribution is 2.07. The first-order chi connectivity index (χ1) is 4.83. The predicted molar refractivity (Wildman–Crippen MR) is 44.7 cm³/mol. The van der Waals surface area contributed by atoms with Crippen LogP contribution in [0.4, 0.5) is 0 Å². The van der Waals surface area contributed by atoms with Gasteiger partial charge in [0.25, 0.3) is 0 Å². The van der Waals surface area contributed by atoms with Gasteiger partial charge in [0.15, 0.2) is 0 Å². The second-order valence-electron chi connectivity index (χ2n) is 2.49. The third-order valence-corrected chi connectivity index (χ3v) is 1.57. The lowest BCUT2D eigenvalue weighted by Gasteiger charge is -1.94. The van der Waals surface area contributed by atoms with Gasteiger partial charge in [0.1, 0.15) is 0 Å². The molecule has 1 heteroatoms. The van der Waals surface area contributed by atoms with E-state index in [0.717, 1.165) is 6.42 Å². The van der Waals surface area contributed by atoms with Crippen LogP contribution in [0.25, 0.3) is 0 Å². The molecular formula is C9H13N. The Kier molecular flexibility index (Phi) is 2.32. The Morgan fingerprint density at radius 1 is 1.40 bits per heavy atom. The van der Waals surface area contributed by atoms with Crippen LogP contribution in [0.2, 0.25) is 0 Å². The molecule has 0 amide bonds. The first kappa shape index (κ1) is 7.13. The van der Waals surface area contributed by atoms with Crippen LogP contribution in [-0.2, 0) is 0 Å². The standard InChI is InChI=1S/C9H13N/c1-8-4-3-5-9(10-2)7-6-8/h3,5-7,10H,4H2,1-2H3. The molecule has 10 heavy (non-hydrogen) atoms. The maximum absolute atomic E-state index is 3.09. The van der Waals surface area contributed by atoms with Crippen molar-refractivity contribution < 1.29 is 0 Å². The van der Waals surface area contributed by atoms with Crippen molar-refractivity contribution in [2.45, 2.75) is 13.3 Å². The Morgan fingerprint density at radius 3 is 2.90 bits per heavy atom. The molecule has 0 atom stereocenters. The Morgan fingerprint density at radius 2 is 2.20 bits per heavy atom. The molecule has 0 saturated carbocycles. The van der Waals surface area contributed by atoms with E-state index in [0.29, 0.717) is 0 Å². The monoisotopic (exact) mass is 135 g/mol. The molecule has 0 aromatic heterocycles. The predicted octanol–water partition coefficient (Wildman–Crippen LogP) is 2.00. The molecule has 0 radical (unpaired) electrons. The summed E-state index contributed by atoms with van der Waals surface area (Å²) in [5.74, 6) is 0. The van der Waals surface area contributed by atoms with E-state index < -0.39 is 0 Å². The van der Waals surface area contributed by atoms with Gasteiger partial charge in [-0.25, -0.2) is 0 Å². The minimum atomic E-state index is 1.07. The SMILES string of the molecule is CNC1=CC=C(C)CC=C1. The zero-order valence-electron chi connectivity index (χ0n) is 6.52. The second-order valence-corrected chi connectivity index (χ2v) is 2.49. The average molecular weight is 135 g/mol. The molecule has 54 valence electrons. The quantitative estimate of drug-likeness (QED) is 0.580. The molecule has 1 N–H and O–H groups in total. The van der Waals surface area contributed by atoms with Gasteiger partial charge >= 0.3 is 0 Å². The molecule has 0 saturated heterocycles. The molecule has 1 rings (SSSR count). The van der Waals surface area contributed by atoms with Crippen molar-refractivity contribution in [1.82, 2.24) is 5.32 Å². The largest absolute Gasteiger partial charge is 0.388 e. The Hall–Kier alpha value is -0.980. The topological polar surface area (TPSA) is 12.0 Å². The van der Waals surface area contributed by atoms with Gasteiger partial charge in [-0.2, -0.15) is 0 Å². The van der Waals surface area contributed by atoms with Crippen LogP contribution in [0.1, 0.15) is 13.3 Å². The highest BCUT2D eigenvalue weighted by molar-refractivity contribution is 5.28. The van der Waals surface area contributed by atoms with Crippen LogP contribution in [0.15, 0.2) is 35.6 Å². The molecule has 0 bridgehead atoms. The van der Waals surface area contributed by atoms with Crippen molar-refractivity contribution in [3.05, 3.63) is 35.6 Å². The third kappa shape index (κ3) is 1.76. The summed E-state index contributed by atoms with van der Waals surface area (Å²) in [4.78, 5) is 0. The number of allylic oxidation sites excluding steroid dienone is 5. The summed E-state index contributed by atoms with van der Waals surface area (Å²) in [5, 5.41) is 3.09. The van der Waals surface area contributed by atoms with E-state index in [4.69, 9.17) is 0 Å². The van der Waals surface area contributed by atoms with Gasteiger partial charge in [-0.05, 0) is 25.5 Å². The van der Waals surface area contributed by atoms with Crippen LogP contribution in [0, 0.1) is 0 Å². The first-order valence-electron chi connectivity index (χ1n) is 3.54. The fraction of sp³-hybridized carbons (Fsp3) is 0.333. The van der Waals surface area contributed by atoms with Crippen molar-refractivity contribution in [2.24, 2.45) is 0 Å². The zero-order chi connectivity index (χ0) is 7.40. The molecular weight excluding hydrogens is 122 g/mol. The molecule has 1 nitrogen and oxygen atoms in total. The van der Waals surface area contributed by atoms with Crippen LogP contribution in [0.3, 0.4) is 0 Å². The molecule has 1 aliphatic rings. The highest BCUT2D eigenvalue weighted by Gasteiger charge is 1.90. The summed E-state index contributed by atoms with van der Waals surface area (Å²) < 4.78 is 0. The van der Waals surface area contributed by atoms with Crippen LogP contribution < -0.4 is 5.32 Å². The third-order valence-electron chi connectivity index (χ3n) is 1.57. The minimum absolute atomic E-state index is 1.07. The van der Waals surface area contributed by atoms with Gasteiger partial charge in [-0.1, -0.05) is 17.7 Å². The van der Waals surface area contributed by atoms with Gasteiger partial charge in [-0.15, -0.1) is 0 Å². The van der Waals surface area contributed by atoms with Gasteiger partial charge < -0.3 is 5.32 Å². The van der Waals surface area contributed by atoms with Crippen molar-refractivity contribution in [1.29, 1.82) is 0 Å². The molecule has 0 aromatic rings. The normalized spacial score (nSPS) is 17.4. The number of hydrogen-bond donors (Lipinski definition) is 1. The van der Waals surface area contributed by atoms with Crippen molar-refractivity contribution in [2.75, 3.05) is 7.05 Å². The maximum Gasteiger partial charge on any atom is 0.0334 e. The van der Waals surface area contributed by atoms with E-state index >= 15 is 0 Å². The number of nitrogens with one attached hydrogen (secondary N) is 1. The summed E-state index contributed by atoms with van der Waals surface area (Å²) in [6.07, 6.45) is 9.58. The molecule has 0 aromatic carbocycles. The minimum Gasteiger partial charge on any atom is -0.388 e. The summed E-state index contributed by atoms with van der Waals surface area (Å²) in [6, 6.07) is 0. The van der Waals surface area contributed by atoms with E-state index in [1.54, 1.807) is 0 Å².